The number of nitrogens with one attached hydrogen (secondary N) is 2. The number of pyridine rings is 1. The third kappa shape index (κ3) is 4.15. The van der Waals surface area contributed by atoms with Gasteiger partial charge in [-0.2, -0.15) is 0 Å². The molecule has 0 radical (unpaired) electrons. The normalized spacial score (nSPS) is 11.7. The van der Waals surface area contributed by atoms with Crippen molar-refractivity contribution >= 4 is 39.9 Å². The third-order valence-corrected chi connectivity index (χ3v) is 4.34. The fourth-order valence-corrected chi connectivity index (χ4v) is 2.84. The van der Waals surface area contributed by atoms with E-state index in [-0.39, 0.29) is 5.69 Å². The molecule has 3 rings (SSSR count). The highest BCUT2D eigenvalue weighted by molar-refractivity contribution is 6.32. The van der Waals surface area contributed by atoms with E-state index in [4.69, 9.17) is 21.1 Å². The number of esters is 1. The highest BCUT2D eigenvalue weighted by Crippen LogP contribution is 2.27. The van der Waals surface area contributed by atoms with Gasteiger partial charge in [0.15, 0.2) is 6.10 Å². The van der Waals surface area contributed by atoms with Crippen molar-refractivity contribution < 1.29 is 19.1 Å². The number of amides is 1. The first-order chi connectivity index (χ1) is 13.4. The van der Waals surface area contributed by atoms with Crippen LogP contribution in [0.1, 0.15) is 17.4 Å². The number of aromatic nitrogens is 1. The zero-order chi connectivity index (χ0) is 20.3. The number of hydrogen-bond acceptors (Lipinski definition) is 5. The Balaban J connectivity index is 1.71. The molecule has 0 fully saturated rings. The lowest BCUT2D eigenvalue weighted by molar-refractivity contribution is -0.123. The van der Waals surface area contributed by atoms with Gasteiger partial charge in [-0.25, -0.2) is 4.79 Å². The van der Waals surface area contributed by atoms with Gasteiger partial charge in [-0.3, -0.25) is 9.59 Å². The van der Waals surface area contributed by atoms with Crippen LogP contribution in [0.5, 0.6) is 5.75 Å². The van der Waals surface area contributed by atoms with Crippen molar-refractivity contribution in [2.24, 2.45) is 0 Å². The molecule has 28 heavy (non-hydrogen) atoms. The molecule has 0 unspecified atom stereocenters. The summed E-state index contributed by atoms with van der Waals surface area (Å²) in [5.41, 5.74) is -0.0105. The van der Waals surface area contributed by atoms with Crippen LogP contribution in [0.3, 0.4) is 0 Å². The van der Waals surface area contributed by atoms with Crippen molar-refractivity contribution in [2.45, 2.75) is 13.0 Å². The maximum atomic E-state index is 12.3. The topological polar surface area (TPSA) is 97.5 Å². The number of carbonyl (C=O) groups excluding carboxylic acids is 2. The summed E-state index contributed by atoms with van der Waals surface area (Å²) in [6, 6.07) is 13.1. The number of aromatic amines is 1. The summed E-state index contributed by atoms with van der Waals surface area (Å²) in [5.74, 6) is -0.879. The van der Waals surface area contributed by atoms with E-state index in [0.29, 0.717) is 27.2 Å². The molecule has 2 aromatic carbocycles. The lowest BCUT2D eigenvalue weighted by Crippen LogP contribution is -2.30. The van der Waals surface area contributed by atoms with Gasteiger partial charge < -0.3 is 19.8 Å². The van der Waals surface area contributed by atoms with Crippen LogP contribution in [0, 0.1) is 0 Å². The van der Waals surface area contributed by atoms with E-state index in [9.17, 15) is 14.4 Å². The van der Waals surface area contributed by atoms with Crippen LogP contribution < -0.4 is 15.6 Å². The van der Waals surface area contributed by atoms with E-state index in [1.807, 2.05) is 0 Å². The average molecular weight is 401 g/mol. The summed E-state index contributed by atoms with van der Waals surface area (Å²) in [6.07, 6.45) is -1.09. The Hall–Kier alpha value is -3.32. The first-order valence-electron chi connectivity index (χ1n) is 8.36. The first-order valence-corrected chi connectivity index (χ1v) is 8.74. The number of carbonyl (C=O) groups is 2. The molecule has 1 heterocycles. The number of rotatable bonds is 5. The van der Waals surface area contributed by atoms with E-state index in [1.165, 1.54) is 26.2 Å². The standard InChI is InChI=1S/C20H17ClN2O5/c1-11(18(24)22-13-7-8-17(27-2)15(21)10-13)28-20(26)16-9-12-5-3-4-6-14(12)19(25)23-16/h3-11H,1-2H3,(H,22,24)(H,23,25)/t11-/m1/s1. The third-order valence-electron chi connectivity index (χ3n) is 4.05. The molecule has 0 aliphatic rings. The van der Waals surface area contributed by atoms with E-state index in [2.05, 4.69) is 10.3 Å². The zero-order valence-corrected chi connectivity index (χ0v) is 15.9. The molecule has 0 bridgehead atoms. The van der Waals surface area contributed by atoms with Crippen LogP contribution in [0.25, 0.3) is 10.8 Å². The maximum Gasteiger partial charge on any atom is 0.355 e. The average Bonchev–Trinajstić information content (AvgIpc) is 2.68. The minimum absolute atomic E-state index is 0.0316. The number of hydrogen-bond donors (Lipinski definition) is 2. The van der Waals surface area contributed by atoms with E-state index in [1.54, 1.807) is 36.4 Å². The molecule has 0 saturated carbocycles. The van der Waals surface area contributed by atoms with Crippen LogP contribution in [0.4, 0.5) is 5.69 Å². The number of fused-ring (bicyclic) bond motifs is 1. The fraction of sp³-hybridized carbons (Fsp3) is 0.150. The van der Waals surface area contributed by atoms with Crippen molar-refractivity contribution in [1.29, 1.82) is 0 Å². The highest BCUT2D eigenvalue weighted by atomic mass is 35.5. The Morgan fingerprint density at radius 1 is 1.14 bits per heavy atom. The zero-order valence-electron chi connectivity index (χ0n) is 15.1. The number of benzene rings is 2. The molecule has 1 amide bonds. The van der Waals surface area contributed by atoms with Crippen LogP contribution >= 0.6 is 11.6 Å². The van der Waals surface area contributed by atoms with Crippen LogP contribution in [-0.2, 0) is 9.53 Å². The van der Waals surface area contributed by atoms with E-state index in [0.717, 1.165) is 0 Å². The van der Waals surface area contributed by atoms with Gasteiger partial charge >= 0.3 is 5.97 Å². The number of methoxy groups -OCH3 is 1. The number of halogens is 1. The van der Waals surface area contributed by atoms with Gasteiger partial charge in [-0.05, 0) is 42.6 Å². The molecular weight excluding hydrogens is 384 g/mol. The molecule has 0 saturated heterocycles. The monoisotopic (exact) mass is 400 g/mol. The molecule has 144 valence electrons. The Bertz CT molecular complexity index is 1110. The second kappa shape index (κ2) is 8.14. The van der Waals surface area contributed by atoms with Crippen molar-refractivity contribution in [3.05, 3.63) is 69.6 Å². The predicted octanol–water partition coefficient (Wildman–Crippen LogP) is 3.37. The minimum atomic E-state index is -1.09. The second-order valence-corrected chi connectivity index (χ2v) is 6.39. The number of anilines is 1. The number of H-pyrrole nitrogens is 1. The quantitative estimate of drug-likeness (QED) is 0.640. The SMILES string of the molecule is COc1ccc(NC(=O)[C@@H](C)OC(=O)c2cc3ccccc3c(=O)[nH]2)cc1Cl. The molecule has 1 atom stereocenters. The van der Waals surface area contributed by atoms with Gasteiger partial charge in [0.1, 0.15) is 11.4 Å². The summed E-state index contributed by atoms with van der Waals surface area (Å²) < 4.78 is 10.2. The van der Waals surface area contributed by atoms with E-state index >= 15 is 0 Å². The molecular formula is C20H17ClN2O5. The molecule has 1 aromatic heterocycles. The maximum absolute atomic E-state index is 12.3. The Morgan fingerprint density at radius 2 is 1.89 bits per heavy atom. The predicted molar refractivity (Wildman–Crippen MR) is 106 cm³/mol. The van der Waals surface area contributed by atoms with Crippen LogP contribution in [0.15, 0.2) is 53.3 Å². The summed E-state index contributed by atoms with van der Waals surface area (Å²) in [6.45, 7) is 1.43. The Labute approximate surface area is 165 Å². The Kier molecular flexibility index (Phi) is 5.65. The highest BCUT2D eigenvalue weighted by Gasteiger charge is 2.20. The summed E-state index contributed by atoms with van der Waals surface area (Å²) in [5, 5.41) is 4.00. The van der Waals surface area contributed by atoms with E-state index < -0.39 is 23.5 Å². The largest absolute Gasteiger partial charge is 0.495 e. The molecule has 3 aromatic rings. The first kappa shape index (κ1) is 19.4. The summed E-state index contributed by atoms with van der Waals surface area (Å²) >= 11 is 6.02. The number of ether oxygens (including phenoxy) is 2. The van der Waals surface area contributed by atoms with Crippen LogP contribution in [-0.4, -0.2) is 30.1 Å². The van der Waals surface area contributed by atoms with Crippen molar-refractivity contribution in [1.82, 2.24) is 4.98 Å². The molecule has 0 spiro atoms. The van der Waals surface area contributed by atoms with Gasteiger partial charge in [-0.15, -0.1) is 0 Å². The molecule has 0 aliphatic carbocycles. The van der Waals surface area contributed by atoms with Crippen molar-refractivity contribution in [3.8, 4) is 5.75 Å². The van der Waals surface area contributed by atoms with Crippen molar-refractivity contribution in [3.63, 3.8) is 0 Å². The lowest BCUT2D eigenvalue weighted by Gasteiger charge is -2.14. The Morgan fingerprint density at radius 3 is 2.61 bits per heavy atom. The molecule has 0 aliphatic heterocycles. The van der Waals surface area contributed by atoms with Gasteiger partial charge in [0, 0.05) is 11.1 Å². The minimum Gasteiger partial charge on any atom is -0.495 e. The van der Waals surface area contributed by atoms with Crippen molar-refractivity contribution in [2.75, 3.05) is 12.4 Å². The second-order valence-electron chi connectivity index (χ2n) is 5.99. The van der Waals surface area contributed by atoms with Crippen LogP contribution in [0.2, 0.25) is 5.02 Å². The van der Waals surface area contributed by atoms with Gasteiger partial charge in [0.25, 0.3) is 11.5 Å². The summed E-state index contributed by atoms with van der Waals surface area (Å²) in [7, 11) is 1.48. The lowest BCUT2D eigenvalue weighted by atomic mass is 10.1. The van der Waals surface area contributed by atoms with Gasteiger partial charge in [0.05, 0.1) is 12.1 Å². The smallest absolute Gasteiger partial charge is 0.355 e. The fourth-order valence-electron chi connectivity index (χ4n) is 2.59. The summed E-state index contributed by atoms with van der Waals surface area (Å²) in [4.78, 5) is 39.2. The molecule has 2 N–H and O–H groups in total. The molecule has 7 nitrogen and oxygen atoms in total. The molecule has 8 heteroatoms. The van der Waals surface area contributed by atoms with Gasteiger partial charge in [0.2, 0.25) is 0 Å². The van der Waals surface area contributed by atoms with Gasteiger partial charge in [-0.1, -0.05) is 29.8 Å².